The largest absolute Gasteiger partial charge is 0.467 e. The lowest BCUT2D eigenvalue weighted by Gasteiger charge is -2.24. The van der Waals surface area contributed by atoms with Gasteiger partial charge >= 0.3 is 0 Å². The first-order valence-electron chi connectivity index (χ1n) is 9.41. The highest BCUT2D eigenvalue weighted by molar-refractivity contribution is 5.95. The molecule has 0 saturated heterocycles. The van der Waals surface area contributed by atoms with Crippen molar-refractivity contribution in [1.82, 2.24) is 5.32 Å². The van der Waals surface area contributed by atoms with Crippen LogP contribution in [0.15, 0.2) is 41.0 Å². The smallest absolute Gasteiger partial charge is 0.254 e. The van der Waals surface area contributed by atoms with Gasteiger partial charge in [0, 0.05) is 18.3 Å². The maximum atomic E-state index is 12.6. The number of hydrogen-bond donors (Lipinski definition) is 1. The molecule has 0 bridgehead atoms. The maximum Gasteiger partial charge on any atom is 0.254 e. The molecule has 1 aromatic heterocycles. The van der Waals surface area contributed by atoms with Crippen LogP contribution in [-0.4, -0.2) is 18.5 Å². The van der Waals surface area contributed by atoms with Crippen LogP contribution in [-0.2, 0) is 13.0 Å². The fourth-order valence-electron chi connectivity index (χ4n) is 4.24. The SMILES string of the molecule is CC1Cc2ccccc2N1Cc1occc1C(=O)NCC1CCCC1. The van der Waals surface area contributed by atoms with Crippen LogP contribution in [0.5, 0.6) is 0 Å². The Balaban J connectivity index is 1.45. The van der Waals surface area contributed by atoms with E-state index in [1.165, 1.54) is 36.9 Å². The van der Waals surface area contributed by atoms with Gasteiger partial charge in [0.15, 0.2) is 0 Å². The van der Waals surface area contributed by atoms with Crippen molar-refractivity contribution in [1.29, 1.82) is 0 Å². The van der Waals surface area contributed by atoms with Crippen LogP contribution in [0.3, 0.4) is 0 Å². The van der Waals surface area contributed by atoms with Crippen LogP contribution in [0.25, 0.3) is 0 Å². The topological polar surface area (TPSA) is 45.5 Å². The van der Waals surface area contributed by atoms with E-state index in [0.29, 0.717) is 24.1 Å². The Morgan fingerprint density at radius 1 is 1.24 bits per heavy atom. The zero-order valence-corrected chi connectivity index (χ0v) is 14.8. The summed E-state index contributed by atoms with van der Waals surface area (Å²) in [5, 5.41) is 3.11. The summed E-state index contributed by atoms with van der Waals surface area (Å²) in [5.74, 6) is 1.40. The van der Waals surface area contributed by atoms with E-state index >= 15 is 0 Å². The zero-order chi connectivity index (χ0) is 17.2. The van der Waals surface area contributed by atoms with Crippen molar-refractivity contribution in [3.05, 3.63) is 53.5 Å². The van der Waals surface area contributed by atoms with Gasteiger partial charge in [-0.3, -0.25) is 4.79 Å². The minimum absolute atomic E-state index is 0.00390. The maximum absolute atomic E-state index is 12.6. The van der Waals surface area contributed by atoms with Gasteiger partial charge in [0.2, 0.25) is 0 Å². The van der Waals surface area contributed by atoms with Crippen LogP contribution in [0.2, 0.25) is 0 Å². The number of amides is 1. The summed E-state index contributed by atoms with van der Waals surface area (Å²) in [6, 6.07) is 10.7. The molecule has 2 aliphatic rings. The average molecular weight is 338 g/mol. The fourth-order valence-corrected chi connectivity index (χ4v) is 4.24. The zero-order valence-electron chi connectivity index (χ0n) is 14.8. The first kappa shape index (κ1) is 16.2. The van der Waals surface area contributed by atoms with Crippen molar-refractivity contribution in [3.8, 4) is 0 Å². The molecular weight excluding hydrogens is 312 g/mol. The summed E-state index contributed by atoms with van der Waals surface area (Å²) in [4.78, 5) is 14.9. The van der Waals surface area contributed by atoms with Gasteiger partial charge in [-0.25, -0.2) is 0 Å². The molecular formula is C21H26N2O2. The molecule has 1 aliphatic heterocycles. The van der Waals surface area contributed by atoms with E-state index in [9.17, 15) is 4.79 Å². The van der Waals surface area contributed by atoms with E-state index in [-0.39, 0.29) is 5.91 Å². The van der Waals surface area contributed by atoms with Crippen LogP contribution >= 0.6 is 0 Å². The van der Waals surface area contributed by atoms with Crippen molar-refractivity contribution in [2.24, 2.45) is 5.92 Å². The number of para-hydroxylation sites is 1. The van der Waals surface area contributed by atoms with Crippen molar-refractivity contribution < 1.29 is 9.21 Å². The van der Waals surface area contributed by atoms with E-state index in [0.717, 1.165) is 18.7 Å². The minimum Gasteiger partial charge on any atom is -0.467 e. The monoisotopic (exact) mass is 338 g/mol. The highest BCUT2D eigenvalue weighted by atomic mass is 16.3. The number of fused-ring (bicyclic) bond motifs is 1. The molecule has 4 nitrogen and oxygen atoms in total. The molecule has 4 rings (SSSR count). The second-order valence-electron chi connectivity index (χ2n) is 7.43. The summed E-state index contributed by atoms with van der Waals surface area (Å²) >= 11 is 0. The molecule has 1 aromatic carbocycles. The van der Waals surface area contributed by atoms with Crippen LogP contribution in [0.4, 0.5) is 5.69 Å². The Labute approximate surface area is 149 Å². The molecule has 1 unspecified atom stereocenters. The summed E-state index contributed by atoms with van der Waals surface area (Å²) in [6.45, 7) is 3.65. The number of hydrogen-bond acceptors (Lipinski definition) is 3. The van der Waals surface area contributed by atoms with E-state index in [2.05, 4.69) is 41.4 Å². The Kier molecular flexibility index (Phi) is 4.51. The molecule has 132 valence electrons. The predicted molar refractivity (Wildman–Crippen MR) is 98.8 cm³/mol. The number of rotatable bonds is 5. The number of benzene rings is 1. The number of nitrogens with zero attached hydrogens (tertiary/aromatic N) is 1. The highest BCUT2D eigenvalue weighted by Gasteiger charge is 2.28. The number of nitrogens with one attached hydrogen (secondary N) is 1. The number of furan rings is 1. The van der Waals surface area contributed by atoms with Gasteiger partial charge in [0.1, 0.15) is 5.76 Å². The molecule has 0 radical (unpaired) electrons. The Morgan fingerprint density at radius 3 is 2.88 bits per heavy atom. The fraction of sp³-hybridized carbons (Fsp3) is 0.476. The summed E-state index contributed by atoms with van der Waals surface area (Å²) in [5.41, 5.74) is 3.30. The lowest BCUT2D eigenvalue weighted by atomic mass is 10.1. The number of carbonyl (C=O) groups is 1. The molecule has 1 N–H and O–H groups in total. The molecule has 1 atom stereocenters. The Bertz CT molecular complexity index is 746. The number of anilines is 1. The van der Waals surface area contributed by atoms with Gasteiger partial charge in [0.05, 0.1) is 18.4 Å². The quantitative estimate of drug-likeness (QED) is 0.891. The highest BCUT2D eigenvalue weighted by Crippen LogP contribution is 2.33. The molecule has 1 amide bonds. The van der Waals surface area contributed by atoms with Gasteiger partial charge < -0.3 is 14.6 Å². The molecule has 2 heterocycles. The third kappa shape index (κ3) is 3.30. The molecule has 0 spiro atoms. The van der Waals surface area contributed by atoms with E-state index in [4.69, 9.17) is 4.42 Å². The van der Waals surface area contributed by atoms with E-state index in [1.54, 1.807) is 12.3 Å². The Hall–Kier alpha value is -2.23. The van der Waals surface area contributed by atoms with Crippen LogP contribution < -0.4 is 10.2 Å². The van der Waals surface area contributed by atoms with Crippen molar-refractivity contribution in [2.75, 3.05) is 11.4 Å². The Morgan fingerprint density at radius 2 is 2.04 bits per heavy atom. The lowest BCUT2D eigenvalue weighted by molar-refractivity contribution is 0.0945. The first-order chi connectivity index (χ1) is 12.2. The summed E-state index contributed by atoms with van der Waals surface area (Å²) in [7, 11) is 0. The summed E-state index contributed by atoms with van der Waals surface area (Å²) < 4.78 is 5.68. The molecule has 4 heteroatoms. The van der Waals surface area contributed by atoms with E-state index < -0.39 is 0 Å². The first-order valence-corrected chi connectivity index (χ1v) is 9.41. The number of carbonyl (C=O) groups excluding carboxylic acids is 1. The molecule has 1 fully saturated rings. The third-order valence-corrected chi connectivity index (χ3v) is 5.68. The third-order valence-electron chi connectivity index (χ3n) is 5.68. The molecule has 25 heavy (non-hydrogen) atoms. The minimum atomic E-state index is -0.00390. The molecule has 1 saturated carbocycles. The van der Waals surface area contributed by atoms with Gasteiger partial charge in [-0.05, 0) is 49.8 Å². The standard InChI is InChI=1S/C21H26N2O2/c1-15-12-17-8-4-5-9-19(17)23(15)14-20-18(10-11-25-20)21(24)22-13-16-6-2-3-7-16/h4-5,8-11,15-16H,2-3,6-7,12-14H2,1H3,(H,22,24). The van der Waals surface area contributed by atoms with Gasteiger partial charge in [0.25, 0.3) is 5.91 Å². The average Bonchev–Trinajstić information content (AvgIpc) is 3.34. The van der Waals surface area contributed by atoms with Crippen LogP contribution in [0.1, 0.15) is 54.3 Å². The van der Waals surface area contributed by atoms with Gasteiger partial charge in [-0.1, -0.05) is 31.0 Å². The molecule has 2 aromatic rings. The van der Waals surface area contributed by atoms with Crippen molar-refractivity contribution in [2.45, 2.75) is 51.6 Å². The van der Waals surface area contributed by atoms with Gasteiger partial charge in [-0.2, -0.15) is 0 Å². The van der Waals surface area contributed by atoms with Gasteiger partial charge in [-0.15, -0.1) is 0 Å². The molecule has 1 aliphatic carbocycles. The normalized spacial score (nSPS) is 20.0. The lowest BCUT2D eigenvalue weighted by Crippen LogP contribution is -2.31. The predicted octanol–water partition coefficient (Wildman–Crippen LogP) is 4.15. The summed E-state index contributed by atoms with van der Waals surface area (Å²) in [6.07, 6.45) is 7.74. The van der Waals surface area contributed by atoms with Crippen molar-refractivity contribution >= 4 is 11.6 Å². The second-order valence-corrected chi connectivity index (χ2v) is 7.43. The van der Waals surface area contributed by atoms with Crippen LogP contribution in [0, 0.1) is 5.92 Å². The second kappa shape index (κ2) is 6.95. The van der Waals surface area contributed by atoms with E-state index in [1.807, 2.05) is 0 Å². The van der Waals surface area contributed by atoms with Crippen molar-refractivity contribution in [3.63, 3.8) is 0 Å².